The summed E-state index contributed by atoms with van der Waals surface area (Å²) in [4.78, 5) is 0. The molecule has 1 aliphatic heterocycles. The molecule has 2 fully saturated rings. The van der Waals surface area contributed by atoms with Gasteiger partial charge in [-0.05, 0) is 25.2 Å². The first-order valence-corrected chi connectivity index (χ1v) is 5.32. The summed E-state index contributed by atoms with van der Waals surface area (Å²) in [5.41, 5.74) is 3.59. The number of nitrogens with zero attached hydrogens (tertiary/aromatic N) is 1. The minimum Gasteiger partial charge on any atom is -0.252 e. The number of nitrogens with one attached hydrogen (secondary N) is 1. The average Bonchev–Trinajstić information content (AvgIpc) is 2.40. The maximum absolute atomic E-state index is 3.59. The third kappa shape index (κ3) is 1.27. The van der Waals surface area contributed by atoms with Gasteiger partial charge in [0, 0.05) is 19.1 Å². The predicted octanol–water partition coefficient (Wildman–Crippen LogP) is 1.77. The molecule has 0 aromatic heterocycles. The maximum Gasteiger partial charge on any atom is 0.0281 e. The SMILES string of the molecule is CCC1C2CCCCC2NN1C. The molecule has 1 aliphatic carbocycles. The van der Waals surface area contributed by atoms with E-state index in [2.05, 4.69) is 24.4 Å². The Balaban J connectivity index is 2.05. The molecule has 0 amide bonds. The van der Waals surface area contributed by atoms with Crippen molar-refractivity contribution in [3.8, 4) is 0 Å². The van der Waals surface area contributed by atoms with Crippen molar-refractivity contribution in [1.82, 2.24) is 10.4 Å². The normalized spacial score (nSPS) is 43.0. The highest BCUT2D eigenvalue weighted by atomic mass is 15.5. The molecule has 3 atom stereocenters. The van der Waals surface area contributed by atoms with E-state index in [1.807, 2.05) is 0 Å². The van der Waals surface area contributed by atoms with Crippen molar-refractivity contribution in [2.45, 2.75) is 51.1 Å². The Labute approximate surface area is 75.3 Å². The van der Waals surface area contributed by atoms with Crippen LogP contribution < -0.4 is 5.43 Å². The molecule has 12 heavy (non-hydrogen) atoms. The second-order valence-electron chi connectivity index (χ2n) is 4.27. The van der Waals surface area contributed by atoms with Crippen LogP contribution in [-0.4, -0.2) is 24.1 Å². The van der Waals surface area contributed by atoms with Gasteiger partial charge in [-0.25, -0.2) is 5.01 Å². The maximum atomic E-state index is 3.59. The van der Waals surface area contributed by atoms with E-state index < -0.39 is 0 Å². The molecule has 0 bridgehead atoms. The summed E-state index contributed by atoms with van der Waals surface area (Å²) in [5.74, 6) is 0.939. The van der Waals surface area contributed by atoms with E-state index in [1.54, 1.807) is 0 Å². The van der Waals surface area contributed by atoms with Gasteiger partial charge in [0.1, 0.15) is 0 Å². The summed E-state index contributed by atoms with van der Waals surface area (Å²) >= 11 is 0. The molecule has 2 nitrogen and oxygen atoms in total. The second kappa shape index (κ2) is 3.35. The molecule has 2 rings (SSSR count). The number of fused-ring (bicyclic) bond motifs is 1. The minimum absolute atomic E-state index is 0.800. The van der Waals surface area contributed by atoms with Crippen LogP contribution in [0.25, 0.3) is 0 Å². The summed E-state index contributed by atoms with van der Waals surface area (Å²) in [6.45, 7) is 2.31. The Morgan fingerprint density at radius 3 is 2.83 bits per heavy atom. The zero-order valence-corrected chi connectivity index (χ0v) is 8.21. The van der Waals surface area contributed by atoms with Gasteiger partial charge >= 0.3 is 0 Å². The van der Waals surface area contributed by atoms with Crippen LogP contribution in [0.3, 0.4) is 0 Å². The lowest BCUT2D eigenvalue weighted by atomic mass is 9.81. The van der Waals surface area contributed by atoms with Crippen LogP contribution in [-0.2, 0) is 0 Å². The highest BCUT2D eigenvalue weighted by Crippen LogP contribution is 2.34. The topological polar surface area (TPSA) is 15.3 Å². The molecular weight excluding hydrogens is 148 g/mol. The Kier molecular flexibility index (Phi) is 2.37. The van der Waals surface area contributed by atoms with Crippen molar-refractivity contribution in [2.24, 2.45) is 5.92 Å². The van der Waals surface area contributed by atoms with Crippen molar-refractivity contribution in [2.75, 3.05) is 7.05 Å². The highest BCUT2D eigenvalue weighted by molar-refractivity contribution is 4.93. The van der Waals surface area contributed by atoms with Crippen LogP contribution in [0.2, 0.25) is 0 Å². The number of hydrogen-bond acceptors (Lipinski definition) is 2. The number of rotatable bonds is 1. The van der Waals surface area contributed by atoms with Crippen molar-refractivity contribution in [3.63, 3.8) is 0 Å². The summed E-state index contributed by atoms with van der Waals surface area (Å²) in [5, 5.41) is 2.35. The molecule has 2 aliphatic rings. The van der Waals surface area contributed by atoms with Gasteiger partial charge in [0.05, 0.1) is 0 Å². The van der Waals surface area contributed by atoms with E-state index in [1.165, 1.54) is 32.1 Å². The lowest BCUT2D eigenvalue weighted by Gasteiger charge is -2.27. The quantitative estimate of drug-likeness (QED) is 0.642. The first kappa shape index (κ1) is 8.52. The van der Waals surface area contributed by atoms with E-state index in [9.17, 15) is 0 Å². The lowest BCUT2D eigenvalue weighted by Crippen LogP contribution is -2.35. The summed E-state index contributed by atoms with van der Waals surface area (Å²) in [6.07, 6.45) is 7.02. The van der Waals surface area contributed by atoms with Crippen LogP contribution in [0.1, 0.15) is 39.0 Å². The molecule has 0 aromatic carbocycles. The van der Waals surface area contributed by atoms with E-state index in [-0.39, 0.29) is 0 Å². The fourth-order valence-electron chi connectivity index (χ4n) is 3.00. The van der Waals surface area contributed by atoms with Crippen molar-refractivity contribution in [1.29, 1.82) is 0 Å². The molecule has 70 valence electrons. The van der Waals surface area contributed by atoms with Gasteiger partial charge in [-0.15, -0.1) is 0 Å². The summed E-state index contributed by atoms with van der Waals surface area (Å²) in [7, 11) is 2.20. The van der Waals surface area contributed by atoms with Crippen molar-refractivity contribution < 1.29 is 0 Å². The predicted molar refractivity (Wildman–Crippen MR) is 50.7 cm³/mol. The van der Waals surface area contributed by atoms with E-state index in [0.717, 1.165) is 18.0 Å². The minimum atomic E-state index is 0.800. The largest absolute Gasteiger partial charge is 0.252 e. The van der Waals surface area contributed by atoms with Gasteiger partial charge in [0.2, 0.25) is 0 Å². The van der Waals surface area contributed by atoms with E-state index in [4.69, 9.17) is 0 Å². The molecule has 0 radical (unpaired) electrons. The van der Waals surface area contributed by atoms with Gasteiger partial charge in [0.25, 0.3) is 0 Å². The summed E-state index contributed by atoms with van der Waals surface area (Å²) < 4.78 is 0. The van der Waals surface area contributed by atoms with Crippen LogP contribution in [0.15, 0.2) is 0 Å². The fraction of sp³-hybridized carbons (Fsp3) is 1.00. The average molecular weight is 168 g/mol. The lowest BCUT2D eigenvalue weighted by molar-refractivity contribution is 0.209. The summed E-state index contributed by atoms with van der Waals surface area (Å²) in [6, 6.07) is 1.60. The van der Waals surface area contributed by atoms with Crippen LogP contribution in [0, 0.1) is 5.92 Å². The standard InChI is InChI=1S/C10H20N2/c1-3-10-8-6-4-5-7-9(8)11-12(10)2/h8-11H,3-7H2,1-2H3. The Morgan fingerprint density at radius 2 is 2.08 bits per heavy atom. The molecule has 2 heteroatoms. The molecule has 1 saturated carbocycles. The van der Waals surface area contributed by atoms with Crippen molar-refractivity contribution >= 4 is 0 Å². The van der Waals surface area contributed by atoms with Crippen LogP contribution in [0.4, 0.5) is 0 Å². The van der Waals surface area contributed by atoms with Gasteiger partial charge in [-0.3, -0.25) is 5.43 Å². The van der Waals surface area contributed by atoms with Gasteiger partial charge in [0.15, 0.2) is 0 Å². The Hall–Kier alpha value is -0.0800. The number of hydrazine groups is 1. The number of hydrogen-bond donors (Lipinski definition) is 1. The van der Waals surface area contributed by atoms with Gasteiger partial charge < -0.3 is 0 Å². The molecule has 1 saturated heterocycles. The van der Waals surface area contributed by atoms with Crippen LogP contribution >= 0.6 is 0 Å². The molecule has 1 N–H and O–H groups in total. The first-order valence-electron chi connectivity index (χ1n) is 5.32. The molecule has 1 heterocycles. The monoisotopic (exact) mass is 168 g/mol. The Bertz CT molecular complexity index is 158. The van der Waals surface area contributed by atoms with Crippen molar-refractivity contribution in [3.05, 3.63) is 0 Å². The second-order valence-corrected chi connectivity index (χ2v) is 4.27. The first-order chi connectivity index (χ1) is 5.83. The van der Waals surface area contributed by atoms with E-state index in [0.29, 0.717) is 0 Å². The Morgan fingerprint density at radius 1 is 1.33 bits per heavy atom. The fourth-order valence-corrected chi connectivity index (χ4v) is 3.00. The molecule has 3 unspecified atom stereocenters. The third-order valence-corrected chi connectivity index (χ3v) is 3.60. The third-order valence-electron chi connectivity index (χ3n) is 3.60. The van der Waals surface area contributed by atoms with Gasteiger partial charge in [-0.1, -0.05) is 19.8 Å². The highest BCUT2D eigenvalue weighted by Gasteiger charge is 2.39. The molecule has 0 spiro atoms. The zero-order chi connectivity index (χ0) is 8.55. The van der Waals surface area contributed by atoms with Crippen LogP contribution in [0.5, 0.6) is 0 Å². The molecular formula is C10H20N2. The smallest absolute Gasteiger partial charge is 0.0281 e. The van der Waals surface area contributed by atoms with Gasteiger partial charge in [-0.2, -0.15) is 0 Å². The van der Waals surface area contributed by atoms with E-state index >= 15 is 0 Å². The zero-order valence-electron chi connectivity index (χ0n) is 8.21. The molecule has 0 aromatic rings.